The van der Waals surface area contributed by atoms with Crippen molar-refractivity contribution < 1.29 is 9.53 Å². The summed E-state index contributed by atoms with van der Waals surface area (Å²) in [5.74, 6) is 2.36. The number of hydrogen-bond acceptors (Lipinski definition) is 2. The van der Waals surface area contributed by atoms with Gasteiger partial charge in [0.15, 0.2) is 0 Å². The van der Waals surface area contributed by atoms with Crippen LogP contribution in [0.2, 0.25) is 0 Å². The summed E-state index contributed by atoms with van der Waals surface area (Å²) in [6.07, 6.45) is 9.72. The first-order chi connectivity index (χ1) is 11.3. The molecule has 0 rings (SSSR count). The van der Waals surface area contributed by atoms with Gasteiger partial charge in [-0.25, -0.2) is 0 Å². The van der Waals surface area contributed by atoms with Crippen LogP contribution in [0.1, 0.15) is 93.4 Å². The smallest absolute Gasteiger partial charge is 0.306 e. The fraction of sp³-hybridized carbons (Fsp3) is 0.864. The maximum atomic E-state index is 12.1. The molecule has 2 heteroatoms. The Kier molecular flexibility index (Phi) is 13.1. The minimum absolute atomic E-state index is 0.00523. The Hall–Kier alpha value is -0.790. The summed E-state index contributed by atoms with van der Waals surface area (Å²) in [6, 6.07) is 0. The largest absolute Gasteiger partial charge is 0.466 e. The zero-order chi connectivity index (χ0) is 18.5. The first-order valence-corrected chi connectivity index (χ1v) is 10.0. The summed E-state index contributed by atoms with van der Waals surface area (Å²) in [5, 5.41) is 0. The lowest BCUT2D eigenvalue weighted by Crippen LogP contribution is -2.18. The minimum atomic E-state index is -0.00523. The second-order valence-electron chi connectivity index (χ2n) is 8.27. The first-order valence-electron chi connectivity index (χ1n) is 10.0. The van der Waals surface area contributed by atoms with E-state index in [4.69, 9.17) is 4.74 Å². The van der Waals surface area contributed by atoms with Gasteiger partial charge in [0.05, 0.1) is 6.61 Å². The number of rotatable bonds is 13. The van der Waals surface area contributed by atoms with Crippen molar-refractivity contribution in [3.63, 3.8) is 0 Å². The molecule has 3 unspecified atom stereocenters. The van der Waals surface area contributed by atoms with E-state index in [1.54, 1.807) is 0 Å². The maximum Gasteiger partial charge on any atom is 0.306 e. The van der Waals surface area contributed by atoms with Crippen LogP contribution in [0.15, 0.2) is 11.6 Å². The van der Waals surface area contributed by atoms with Gasteiger partial charge in [-0.3, -0.25) is 4.79 Å². The van der Waals surface area contributed by atoms with Gasteiger partial charge in [0.2, 0.25) is 0 Å². The van der Waals surface area contributed by atoms with E-state index in [1.165, 1.54) is 24.8 Å². The van der Waals surface area contributed by atoms with Crippen molar-refractivity contribution in [2.75, 3.05) is 6.61 Å². The fourth-order valence-electron chi connectivity index (χ4n) is 2.82. The van der Waals surface area contributed by atoms with Crippen LogP contribution in [0.5, 0.6) is 0 Å². The lowest BCUT2D eigenvalue weighted by atomic mass is 9.85. The molecule has 0 spiro atoms. The molecule has 2 nitrogen and oxygen atoms in total. The van der Waals surface area contributed by atoms with Crippen molar-refractivity contribution in [3.8, 4) is 0 Å². The van der Waals surface area contributed by atoms with E-state index in [1.807, 2.05) is 0 Å². The highest BCUT2D eigenvalue weighted by Crippen LogP contribution is 2.25. The number of carbonyl (C=O) groups is 1. The summed E-state index contributed by atoms with van der Waals surface area (Å²) in [4.78, 5) is 12.1. The molecule has 0 N–H and O–H groups in total. The Morgan fingerprint density at radius 3 is 2.17 bits per heavy atom. The van der Waals surface area contributed by atoms with Gasteiger partial charge in [-0.15, -0.1) is 0 Å². The normalized spacial score (nSPS) is 15.0. The highest BCUT2D eigenvalue weighted by Gasteiger charge is 2.19. The Morgan fingerprint density at radius 1 is 0.958 bits per heavy atom. The Labute approximate surface area is 151 Å². The standard InChI is InChI=1S/C22H42O2/c1-8-19(6)12-13-21(18(4)5)16-22(23)24-15-14-20(7)11-9-10-17(2)3/h10,18-21H,8-9,11-16H2,1-7H3. The second-order valence-corrected chi connectivity index (χ2v) is 8.27. The fourth-order valence-corrected chi connectivity index (χ4v) is 2.82. The van der Waals surface area contributed by atoms with Gasteiger partial charge in [0, 0.05) is 6.42 Å². The Morgan fingerprint density at radius 2 is 1.62 bits per heavy atom. The molecule has 0 aromatic carbocycles. The summed E-state index contributed by atoms with van der Waals surface area (Å²) < 4.78 is 5.50. The third-order valence-electron chi connectivity index (χ3n) is 5.18. The van der Waals surface area contributed by atoms with Crippen molar-refractivity contribution in [2.45, 2.75) is 93.4 Å². The van der Waals surface area contributed by atoms with Crippen LogP contribution < -0.4 is 0 Å². The quantitative estimate of drug-likeness (QED) is 0.273. The SMILES string of the molecule is CCC(C)CCC(CC(=O)OCCC(C)CCC=C(C)C)C(C)C. The van der Waals surface area contributed by atoms with E-state index in [0.29, 0.717) is 30.8 Å². The maximum absolute atomic E-state index is 12.1. The van der Waals surface area contributed by atoms with Gasteiger partial charge >= 0.3 is 5.97 Å². The molecule has 0 heterocycles. The molecule has 0 saturated heterocycles. The summed E-state index contributed by atoms with van der Waals surface area (Å²) in [5.41, 5.74) is 1.38. The lowest BCUT2D eigenvalue weighted by molar-refractivity contribution is -0.145. The molecule has 0 aliphatic carbocycles. The van der Waals surface area contributed by atoms with Crippen LogP contribution >= 0.6 is 0 Å². The molecule has 0 aromatic rings. The van der Waals surface area contributed by atoms with E-state index in [0.717, 1.165) is 25.2 Å². The molecule has 0 fully saturated rings. The molecule has 0 saturated carbocycles. The average molecular weight is 339 g/mol. The van der Waals surface area contributed by atoms with Gasteiger partial charge < -0.3 is 4.74 Å². The molecular weight excluding hydrogens is 296 g/mol. The Balaban J connectivity index is 4.01. The van der Waals surface area contributed by atoms with E-state index in [9.17, 15) is 4.79 Å². The summed E-state index contributed by atoms with van der Waals surface area (Å²) >= 11 is 0. The minimum Gasteiger partial charge on any atom is -0.466 e. The molecule has 0 radical (unpaired) electrons. The molecule has 0 aliphatic rings. The van der Waals surface area contributed by atoms with Crippen LogP contribution in [-0.2, 0) is 9.53 Å². The van der Waals surface area contributed by atoms with Crippen molar-refractivity contribution in [1.82, 2.24) is 0 Å². The third-order valence-corrected chi connectivity index (χ3v) is 5.18. The first kappa shape index (κ1) is 23.2. The van der Waals surface area contributed by atoms with Crippen molar-refractivity contribution >= 4 is 5.97 Å². The second kappa shape index (κ2) is 13.5. The molecule has 24 heavy (non-hydrogen) atoms. The molecular formula is C22H42O2. The number of ether oxygens (including phenoxy) is 1. The summed E-state index contributed by atoms with van der Waals surface area (Å²) in [7, 11) is 0. The predicted molar refractivity (Wildman–Crippen MR) is 105 cm³/mol. The van der Waals surface area contributed by atoms with Gasteiger partial charge in [-0.1, -0.05) is 59.1 Å². The number of hydrogen-bond donors (Lipinski definition) is 0. The Bertz CT molecular complexity index is 353. The average Bonchev–Trinajstić information content (AvgIpc) is 2.50. The third kappa shape index (κ3) is 12.6. The molecule has 0 aliphatic heterocycles. The van der Waals surface area contributed by atoms with Crippen LogP contribution in [0, 0.1) is 23.7 Å². The highest BCUT2D eigenvalue weighted by molar-refractivity contribution is 5.69. The monoisotopic (exact) mass is 338 g/mol. The zero-order valence-corrected chi connectivity index (χ0v) is 17.4. The predicted octanol–water partition coefficient (Wildman–Crippen LogP) is 6.79. The molecule has 0 bridgehead atoms. The van der Waals surface area contributed by atoms with E-state index < -0.39 is 0 Å². The highest BCUT2D eigenvalue weighted by atomic mass is 16.5. The van der Waals surface area contributed by atoms with Crippen molar-refractivity contribution in [3.05, 3.63) is 11.6 Å². The van der Waals surface area contributed by atoms with Crippen LogP contribution in [0.25, 0.3) is 0 Å². The zero-order valence-electron chi connectivity index (χ0n) is 17.4. The molecule has 0 aromatic heterocycles. The van der Waals surface area contributed by atoms with E-state index in [2.05, 4.69) is 54.5 Å². The van der Waals surface area contributed by atoms with Crippen LogP contribution in [0.4, 0.5) is 0 Å². The van der Waals surface area contributed by atoms with Crippen molar-refractivity contribution in [2.24, 2.45) is 23.7 Å². The van der Waals surface area contributed by atoms with Crippen LogP contribution in [-0.4, -0.2) is 12.6 Å². The van der Waals surface area contributed by atoms with Gasteiger partial charge in [0.1, 0.15) is 0 Å². The summed E-state index contributed by atoms with van der Waals surface area (Å²) in [6.45, 7) is 16.1. The molecule has 142 valence electrons. The van der Waals surface area contributed by atoms with Crippen LogP contribution in [0.3, 0.4) is 0 Å². The van der Waals surface area contributed by atoms with E-state index in [-0.39, 0.29) is 5.97 Å². The van der Waals surface area contributed by atoms with Crippen molar-refractivity contribution in [1.29, 1.82) is 0 Å². The van der Waals surface area contributed by atoms with Gasteiger partial charge in [-0.05, 0) is 63.2 Å². The molecule has 0 amide bonds. The topological polar surface area (TPSA) is 26.3 Å². The van der Waals surface area contributed by atoms with Gasteiger partial charge in [0.25, 0.3) is 0 Å². The lowest BCUT2D eigenvalue weighted by Gasteiger charge is -2.21. The number of esters is 1. The van der Waals surface area contributed by atoms with Gasteiger partial charge in [-0.2, -0.15) is 0 Å². The molecule has 3 atom stereocenters. The van der Waals surface area contributed by atoms with E-state index >= 15 is 0 Å². The number of allylic oxidation sites excluding steroid dienone is 2. The number of carbonyl (C=O) groups excluding carboxylic acids is 1.